The summed E-state index contributed by atoms with van der Waals surface area (Å²) in [5.41, 5.74) is 1.51. The number of unbranched alkanes of at least 4 members (excludes halogenated alkanes) is 8. The monoisotopic (exact) mass is 812 g/mol. The van der Waals surface area contributed by atoms with Gasteiger partial charge in [-0.1, -0.05) is 134 Å². The Morgan fingerprint density at radius 3 is 0.540 bits per heavy atom. The first-order chi connectivity index (χ1) is 21.7. The van der Waals surface area contributed by atoms with E-state index in [-0.39, 0.29) is 64.6 Å². The van der Waals surface area contributed by atoms with Gasteiger partial charge in [-0.2, -0.15) is 0 Å². The minimum Gasteiger partial charge on any atom is -0.550 e. The summed E-state index contributed by atoms with van der Waals surface area (Å²) in [6.45, 7) is 26.4. The van der Waals surface area contributed by atoms with Crippen LogP contribution >= 0.6 is 0 Å². The Bertz CT molecular complexity index is 681. The zero-order chi connectivity index (χ0) is 38.5. The van der Waals surface area contributed by atoms with Crippen LogP contribution in [-0.2, 0) is 58.1 Å². The van der Waals surface area contributed by atoms with Gasteiger partial charge in [-0.25, -0.2) is 0 Å². The van der Waals surface area contributed by atoms with Crippen molar-refractivity contribution < 1.29 is 78.6 Å². The van der Waals surface area contributed by atoms with E-state index < -0.39 is 23.9 Å². The molecule has 0 radical (unpaired) electrons. The van der Waals surface area contributed by atoms with Crippen LogP contribution in [0.15, 0.2) is 0 Å². The molecule has 0 rings (SSSR count). The maximum absolute atomic E-state index is 10.0. The summed E-state index contributed by atoms with van der Waals surface area (Å²) in [6.07, 6.45) is 17.1. The van der Waals surface area contributed by atoms with Crippen molar-refractivity contribution in [2.45, 2.75) is 212 Å². The largest absolute Gasteiger partial charge is 2.00 e. The van der Waals surface area contributed by atoms with Crippen molar-refractivity contribution in [2.24, 2.45) is 21.7 Å². The first kappa shape index (κ1) is 61.2. The van der Waals surface area contributed by atoms with Crippen molar-refractivity contribution in [2.75, 3.05) is 0 Å². The summed E-state index contributed by atoms with van der Waals surface area (Å²) in [5.74, 6) is -3.70. The molecule has 0 fully saturated rings. The summed E-state index contributed by atoms with van der Waals surface area (Å²) in [5, 5.41) is 40.2. The van der Waals surface area contributed by atoms with E-state index >= 15 is 0 Å². The van der Waals surface area contributed by atoms with Gasteiger partial charge in [0, 0.05) is 23.9 Å². The van der Waals surface area contributed by atoms with E-state index in [1.165, 1.54) is 25.7 Å². The van der Waals surface area contributed by atoms with Crippen LogP contribution in [0, 0.1) is 21.7 Å². The van der Waals surface area contributed by atoms with Gasteiger partial charge in [0.05, 0.1) is 0 Å². The normalized spacial score (nSPS) is 11.1. The van der Waals surface area contributed by atoms with E-state index in [0.29, 0.717) is 21.7 Å². The second-order valence-corrected chi connectivity index (χ2v) is 18.0. The van der Waals surface area contributed by atoms with Gasteiger partial charge in [0.1, 0.15) is 0 Å². The van der Waals surface area contributed by atoms with Gasteiger partial charge in [0.25, 0.3) is 0 Å². The number of aliphatic carboxylic acids is 4. The molecule has 0 unspecified atom stereocenters. The molecule has 0 aliphatic heterocycles. The first-order valence-electron chi connectivity index (χ1n) is 18.5. The Labute approximate surface area is 334 Å². The second-order valence-electron chi connectivity index (χ2n) is 18.0. The number of carboxylic acids is 4. The first-order valence-corrected chi connectivity index (χ1v) is 18.5. The molecule has 10 heteroatoms. The third-order valence-corrected chi connectivity index (χ3v) is 7.23. The third kappa shape index (κ3) is 81.3. The molecule has 0 saturated heterocycles. The van der Waals surface area contributed by atoms with Gasteiger partial charge in [0.15, 0.2) is 0 Å². The molecule has 0 saturated carbocycles. The molecule has 0 aromatic carbocycles. The van der Waals surface area contributed by atoms with Gasteiger partial charge in [-0.3, -0.25) is 0 Å². The van der Waals surface area contributed by atoms with Crippen molar-refractivity contribution in [1.82, 2.24) is 0 Å². The van der Waals surface area contributed by atoms with E-state index in [1.807, 2.05) is 0 Å². The average Bonchev–Trinajstić information content (AvgIpc) is 2.85. The van der Waals surface area contributed by atoms with Crippen LogP contribution in [0.4, 0.5) is 0 Å². The van der Waals surface area contributed by atoms with Crippen LogP contribution in [0.3, 0.4) is 0 Å². The number of hydrogen-bond donors (Lipinski definition) is 0. The predicted molar refractivity (Wildman–Crippen MR) is 190 cm³/mol. The summed E-state index contributed by atoms with van der Waals surface area (Å²) in [6, 6.07) is 0. The molecule has 0 atom stereocenters. The van der Waals surface area contributed by atoms with Gasteiger partial charge < -0.3 is 39.6 Å². The molecule has 0 aliphatic carbocycles. The Balaban J connectivity index is -0.000000127. The quantitative estimate of drug-likeness (QED) is 0.0945. The molecule has 0 amide bonds. The van der Waals surface area contributed by atoms with E-state index in [0.717, 1.165) is 77.0 Å². The fourth-order valence-corrected chi connectivity index (χ4v) is 4.41. The standard InChI is InChI=1S/4C10H20O2.2Zn/c4*1-10(2,3)8-6-4-5-7-9(11)12;;/h4*4-8H2,1-3H3,(H,11,12);;/q;;;;2*+2/p-4. The minimum atomic E-state index is -0.925. The SMILES string of the molecule is CC(C)(C)CCCCCC(=O)[O-].CC(C)(C)CCCCCC(=O)[O-].CC(C)(C)CCCCCC(=O)[O-].CC(C)(C)CCCCCC(=O)[O-].[Zn+2].[Zn+2]. The summed E-state index contributed by atoms with van der Waals surface area (Å²) in [7, 11) is 0. The molecule has 288 valence electrons. The van der Waals surface area contributed by atoms with Crippen molar-refractivity contribution in [3.05, 3.63) is 0 Å². The van der Waals surface area contributed by atoms with Crippen molar-refractivity contribution in [3.8, 4) is 0 Å². The van der Waals surface area contributed by atoms with Crippen LogP contribution in [0.25, 0.3) is 0 Å². The third-order valence-electron chi connectivity index (χ3n) is 7.23. The Morgan fingerprint density at radius 2 is 0.440 bits per heavy atom. The van der Waals surface area contributed by atoms with E-state index in [2.05, 4.69) is 83.1 Å². The molecular weight excluding hydrogens is 739 g/mol. The van der Waals surface area contributed by atoms with Crippen LogP contribution in [-0.4, -0.2) is 23.9 Å². The Hall–Kier alpha value is -0.873. The zero-order valence-electron chi connectivity index (χ0n) is 34.8. The van der Waals surface area contributed by atoms with E-state index in [1.54, 1.807) is 0 Å². The Morgan fingerprint density at radius 1 is 0.300 bits per heavy atom. The number of hydrogen-bond acceptors (Lipinski definition) is 8. The predicted octanol–water partition coefficient (Wildman–Crippen LogP) is 6.93. The van der Waals surface area contributed by atoms with Gasteiger partial charge in [-0.15, -0.1) is 0 Å². The van der Waals surface area contributed by atoms with Crippen LogP contribution in [0.5, 0.6) is 0 Å². The van der Waals surface area contributed by atoms with Crippen LogP contribution in [0.2, 0.25) is 0 Å². The molecule has 0 heterocycles. The Kier molecular flexibility index (Phi) is 43.0. The maximum atomic E-state index is 10.0. The molecule has 8 nitrogen and oxygen atoms in total. The van der Waals surface area contributed by atoms with E-state index in [4.69, 9.17) is 0 Å². The average molecular weight is 816 g/mol. The molecule has 0 aromatic rings. The number of rotatable bonds is 20. The number of carbonyl (C=O) groups is 4. The van der Waals surface area contributed by atoms with Gasteiger partial charge in [0.2, 0.25) is 0 Å². The molecule has 0 N–H and O–H groups in total. The van der Waals surface area contributed by atoms with Crippen molar-refractivity contribution in [3.63, 3.8) is 0 Å². The molecule has 0 aromatic heterocycles. The molecule has 50 heavy (non-hydrogen) atoms. The van der Waals surface area contributed by atoms with Crippen molar-refractivity contribution >= 4 is 23.9 Å². The summed E-state index contributed by atoms with van der Waals surface area (Å²) in [4.78, 5) is 40.2. The number of carbonyl (C=O) groups excluding carboxylic acids is 4. The summed E-state index contributed by atoms with van der Waals surface area (Å²) < 4.78 is 0. The molecule has 0 spiro atoms. The van der Waals surface area contributed by atoms with Gasteiger partial charge >= 0.3 is 39.0 Å². The molecule has 0 bridgehead atoms. The fourth-order valence-electron chi connectivity index (χ4n) is 4.41. The van der Waals surface area contributed by atoms with Crippen LogP contribution in [0.1, 0.15) is 212 Å². The topological polar surface area (TPSA) is 161 Å². The second kappa shape index (κ2) is 35.2. The smallest absolute Gasteiger partial charge is 0.550 e. The zero-order valence-corrected chi connectivity index (χ0v) is 40.8. The maximum Gasteiger partial charge on any atom is 2.00 e. The molecular formula is C40H76O8Zn2. The van der Waals surface area contributed by atoms with E-state index in [9.17, 15) is 39.6 Å². The summed E-state index contributed by atoms with van der Waals surface area (Å²) >= 11 is 0. The molecule has 0 aliphatic rings. The minimum absolute atomic E-state index is 0. The van der Waals surface area contributed by atoms with Crippen molar-refractivity contribution in [1.29, 1.82) is 0 Å². The fraction of sp³-hybridized carbons (Fsp3) is 0.900. The number of carboxylic acid groups (broad SMARTS) is 4. The van der Waals surface area contributed by atoms with Crippen LogP contribution < -0.4 is 20.4 Å². The van der Waals surface area contributed by atoms with Gasteiger partial charge in [-0.05, 0) is 98.7 Å².